The number of nitrogens with zero attached hydrogens (tertiary/aromatic N) is 2. The first kappa shape index (κ1) is 17.7. The zero-order chi connectivity index (χ0) is 18.7. The molecule has 2 amide bonds. The van der Waals surface area contributed by atoms with Gasteiger partial charge >= 0.3 is 5.97 Å². The van der Waals surface area contributed by atoms with E-state index < -0.39 is 5.97 Å². The third-order valence-corrected chi connectivity index (χ3v) is 4.50. The molecule has 1 N–H and O–H groups in total. The Labute approximate surface area is 151 Å². The van der Waals surface area contributed by atoms with Gasteiger partial charge in [0, 0.05) is 31.3 Å². The van der Waals surface area contributed by atoms with E-state index in [1.807, 2.05) is 30.3 Å². The van der Waals surface area contributed by atoms with Crippen molar-refractivity contribution < 1.29 is 19.5 Å². The van der Waals surface area contributed by atoms with Gasteiger partial charge in [0.1, 0.15) is 6.54 Å². The van der Waals surface area contributed by atoms with Gasteiger partial charge in [0.05, 0.1) is 0 Å². The molecule has 0 saturated carbocycles. The third-order valence-electron chi connectivity index (χ3n) is 4.50. The topological polar surface area (TPSA) is 77.9 Å². The van der Waals surface area contributed by atoms with Crippen molar-refractivity contribution in [3.63, 3.8) is 0 Å². The van der Waals surface area contributed by atoms with Crippen LogP contribution in [0.15, 0.2) is 48.5 Å². The zero-order valence-electron chi connectivity index (χ0n) is 14.5. The third kappa shape index (κ3) is 3.74. The van der Waals surface area contributed by atoms with Crippen molar-refractivity contribution >= 4 is 23.5 Å². The van der Waals surface area contributed by atoms with Gasteiger partial charge in [-0.2, -0.15) is 0 Å². The molecule has 6 nitrogen and oxygen atoms in total. The number of carboxylic acid groups (broad SMARTS) is 1. The van der Waals surface area contributed by atoms with Crippen molar-refractivity contribution in [2.24, 2.45) is 0 Å². The average Bonchev–Trinajstić information content (AvgIpc) is 2.64. The molecule has 2 aromatic rings. The van der Waals surface area contributed by atoms with Gasteiger partial charge in [-0.3, -0.25) is 14.4 Å². The minimum Gasteiger partial charge on any atom is -0.480 e. The number of amides is 2. The molecular weight excluding hydrogens is 332 g/mol. The molecule has 6 heteroatoms. The lowest BCUT2D eigenvalue weighted by Gasteiger charge is -2.27. The number of carbonyl (C=O) groups excluding carboxylic acids is 2. The van der Waals surface area contributed by atoms with Crippen LogP contribution in [0.3, 0.4) is 0 Å². The van der Waals surface area contributed by atoms with Crippen LogP contribution in [0.2, 0.25) is 0 Å². The van der Waals surface area contributed by atoms with Gasteiger partial charge in [-0.1, -0.05) is 30.3 Å². The molecule has 0 atom stereocenters. The maximum Gasteiger partial charge on any atom is 0.323 e. The van der Waals surface area contributed by atoms with Crippen molar-refractivity contribution in [2.45, 2.75) is 19.4 Å². The van der Waals surface area contributed by atoms with Crippen LogP contribution in [-0.4, -0.2) is 41.4 Å². The van der Waals surface area contributed by atoms with Crippen molar-refractivity contribution in [1.29, 1.82) is 0 Å². The predicted octanol–water partition coefficient (Wildman–Crippen LogP) is 2.32. The number of fused-ring (bicyclic) bond motifs is 1. The molecule has 0 radical (unpaired) electrons. The van der Waals surface area contributed by atoms with E-state index in [1.54, 1.807) is 30.1 Å². The van der Waals surface area contributed by atoms with E-state index in [4.69, 9.17) is 0 Å². The summed E-state index contributed by atoms with van der Waals surface area (Å²) in [4.78, 5) is 38.8. The first-order valence-corrected chi connectivity index (χ1v) is 8.40. The Morgan fingerprint density at radius 1 is 1.12 bits per heavy atom. The molecule has 1 heterocycles. The first-order chi connectivity index (χ1) is 12.5. The molecule has 134 valence electrons. The van der Waals surface area contributed by atoms with Gasteiger partial charge in [0.25, 0.3) is 5.91 Å². The highest BCUT2D eigenvalue weighted by atomic mass is 16.4. The lowest BCUT2D eigenvalue weighted by atomic mass is 9.98. The maximum absolute atomic E-state index is 12.9. The highest BCUT2D eigenvalue weighted by Gasteiger charge is 2.24. The molecule has 3 rings (SSSR count). The second-order valence-electron chi connectivity index (χ2n) is 6.34. The molecule has 1 aliphatic heterocycles. The van der Waals surface area contributed by atoms with E-state index >= 15 is 0 Å². The Morgan fingerprint density at radius 2 is 1.85 bits per heavy atom. The second-order valence-corrected chi connectivity index (χ2v) is 6.34. The van der Waals surface area contributed by atoms with Crippen LogP contribution in [0, 0.1) is 0 Å². The van der Waals surface area contributed by atoms with Crippen LogP contribution >= 0.6 is 0 Å². The highest BCUT2D eigenvalue weighted by molar-refractivity contribution is 5.99. The number of anilines is 1. The summed E-state index contributed by atoms with van der Waals surface area (Å²) < 4.78 is 0. The van der Waals surface area contributed by atoms with Gasteiger partial charge in [0.15, 0.2) is 0 Å². The van der Waals surface area contributed by atoms with Gasteiger partial charge in [-0.05, 0) is 35.7 Å². The number of benzene rings is 2. The summed E-state index contributed by atoms with van der Waals surface area (Å²) in [7, 11) is 1.72. The monoisotopic (exact) mass is 352 g/mol. The Bertz CT molecular complexity index is 848. The van der Waals surface area contributed by atoms with E-state index in [1.165, 1.54) is 4.90 Å². The Morgan fingerprint density at radius 3 is 2.54 bits per heavy atom. The molecule has 0 saturated heterocycles. The summed E-state index contributed by atoms with van der Waals surface area (Å²) in [6.07, 6.45) is 0.987. The number of hydrogen-bond acceptors (Lipinski definition) is 3. The summed E-state index contributed by atoms with van der Waals surface area (Å²) in [6, 6.07) is 14.5. The highest BCUT2D eigenvalue weighted by Crippen LogP contribution is 2.28. The summed E-state index contributed by atoms with van der Waals surface area (Å²) in [5.74, 6) is -1.34. The zero-order valence-corrected chi connectivity index (χ0v) is 14.5. The Kier molecular flexibility index (Phi) is 5.02. The van der Waals surface area contributed by atoms with Crippen LogP contribution in [0.5, 0.6) is 0 Å². The number of carbonyl (C=O) groups is 3. The molecular formula is C20H20N2O4. The fourth-order valence-corrected chi connectivity index (χ4v) is 3.14. The molecule has 2 aromatic carbocycles. The van der Waals surface area contributed by atoms with Crippen molar-refractivity contribution in [2.75, 3.05) is 18.5 Å². The average molecular weight is 352 g/mol. The van der Waals surface area contributed by atoms with Crippen molar-refractivity contribution in [1.82, 2.24) is 4.90 Å². The maximum atomic E-state index is 12.9. The molecule has 26 heavy (non-hydrogen) atoms. The first-order valence-electron chi connectivity index (χ1n) is 8.40. The van der Waals surface area contributed by atoms with E-state index in [0.29, 0.717) is 18.4 Å². The molecule has 0 unspecified atom stereocenters. The number of carboxylic acids is 1. The van der Waals surface area contributed by atoms with E-state index in [9.17, 15) is 19.5 Å². The number of rotatable bonds is 5. The lowest BCUT2D eigenvalue weighted by molar-refractivity contribution is -0.137. The number of aryl methyl sites for hydroxylation is 1. The van der Waals surface area contributed by atoms with Crippen LogP contribution < -0.4 is 4.90 Å². The molecule has 0 bridgehead atoms. The molecule has 0 spiro atoms. The number of hydrogen-bond donors (Lipinski definition) is 1. The minimum absolute atomic E-state index is 0.0492. The summed E-state index contributed by atoms with van der Waals surface area (Å²) in [5.41, 5.74) is 3.02. The molecule has 1 aliphatic rings. The van der Waals surface area contributed by atoms with Crippen LogP contribution in [0.1, 0.15) is 27.9 Å². The lowest BCUT2D eigenvalue weighted by Crippen LogP contribution is -2.35. The van der Waals surface area contributed by atoms with Crippen molar-refractivity contribution in [3.05, 3.63) is 65.2 Å². The van der Waals surface area contributed by atoms with Crippen molar-refractivity contribution in [3.8, 4) is 0 Å². The summed E-state index contributed by atoms with van der Waals surface area (Å²) in [5, 5.41) is 9.18. The van der Waals surface area contributed by atoms with E-state index in [2.05, 4.69) is 0 Å². The summed E-state index contributed by atoms with van der Waals surface area (Å²) >= 11 is 0. The Hall–Kier alpha value is -3.15. The van der Waals surface area contributed by atoms with Crippen LogP contribution in [-0.2, 0) is 22.6 Å². The second kappa shape index (κ2) is 7.39. The van der Waals surface area contributed by atoms with E-state index in [0.717, 1.165) is 16.8 Å². The summed E-state index contributed by atoms with van der Waals surface area (Å²) in [6.45, 7) is -0.148. The smallest absolute Gasteiger partial charge is 0.323 e. The van der Waals surface area contributed by atoms with E-state index in [-0.39, 0.29) is 24.9 Å². The minimum atomic E-state index is -1.06. The van der Waals surface area contributed by atoms with Gasteiger partial charge in [-0.25, -0.2) is 0 Å². The quantitative estimate of drug-likeness (QED) is 0.896. The normalized spacial score (nSPS) is 13.3. The largest absolute Gasteiger partial charge is 0.480 e. The Balaban J connectivity index is 1.87. The fourth-order valence-electron chi connectivity index (χ4n) is 3.14. The van der Waals surface area contributed by atoms with Crippen LogP contribution in [0.25, 0.3) is 0 Å². The van der Waals surface area contributed by atoms with Gasteiger partial charge in [-0.15, -0.1) is 0 Å². The molecule has 0 aliphatic carbocycles. The van der Waals surface area contributed by atoms with Crippen LogP contribution in [0.4, 0.5) is 5.69 Å². The molecule has 0 aromatic heterocycles. The van der Waals surface area contributed by atoms with Gasteiger partial charge in [0.2, 0.25) is 5.91 Å². The molecule has 0 fully saturated rings. The fraction of sp³-hybridized carbons (Fsp3) is 0.250. The standard InChI is InChI=1S/C20H20N2O4/c1-21-17-9-7-16(11-15(17)8-10-18(21)23)20(26)22(13-19(24)25)12-14-5-3-2-4-6-14/h2-7,9,11H,8,10,12-13H2,1H3,(H,24,25). The SMILES string of the molecule is CN1C(=O)CCc2cc(C(=O)N(CC(=O)O)Cc3ccccc3)ccc21. The predicted molar refractivity (Wildman–Crippen MR) is 97.0 cm³/mol. The number of aliphatic carboxylic acids is 1. The van der Waals surface area contributed by atoms with Gasteiger partial charge < -0.3 is 14.9 Å².